The molecule has 24 heavy (non-hydrogen) atoms. The Morgan fingerprint density at radius 1 is 1.21 bits per heavy atom. The molecule has 1 aromatic carbocycles. The van der Waals surface area contributed by atoms with Crippen LogP contribution in [0.5, 0.6) is 0 Å². The maximum atomic E-state index is 13.2. The van der Waals surface area contributed by atoms with E-state index in [1.54, 1.807) is 37.3 Å². The molecular formula is C17H15FN4O2. The first-order valence-electron chi connectivity index (χ1n) is 7.29. The number of anilines is 2. The van der Waals surface area contributed by atoms with Crippen LogP contribution >= 0.6 is 0 Å². The highest BCUT2D eigenvalue weighted by molar-refractivity contribution is 5.92. The maximum absolute atomic E-state index is 13.2. The number of hydrogen-bond donors (Lipinski definition) is 2. The normalized spacial score (nSPS) is 10.4. The number of halogens is 1. The Labute approximate surface area is 137 Å². The predicted molar refractivity (Wildman–Crippen MR) is 86.3 cm³/mol. The summed E-state index contributed by atoms with van der Waals surface area (Å²) in [6, 6.07) is 11.0. The third-order valence-electron chi connectivity index (χ3n) is 3.17. The van der Waals surface area contributed by atoms with Crippen molar-refractivity contribution in [2.24, 2.45) is 0 Å². The van der Waals surface area contributed by atoms with Gasteiger partial charge in [0.15, 0.2) is 0 Å². The van der Waals surface area contributed by atoms with Gasteiger partial charge < -0.3 is 15.1 Å². The average Bonchev–Trinajstić information content (AvgIpc) is 3.05. The highest BCUT2D eigenvalue weighted by Crippen LogP contribution is 2.15. The van der Waals surface area contributed by atoms with Crippen LogP contribution in [-0.4, -0.2) is 15.9 Å². The molecule has 0 unspecified atom stereocenters. The summed E-state index contributed by atoms with van der Waals surface area (Å²) in [6.07, 6.45) is 1.54. The Morgan fingerprint density at radius 2 is 2.08 bits per heavy atom. The molecule has 0 aliphatic rings. The van der Waals surface area contributed by atoms with Crippen molar-refractivity contribution in [3.05, 3.63) is 71.7 Å². The van der Waals surface area contributed by atoms with Crippen molar-refractivity contribution in [1.29, 1.82) is 0 Å². The molecule has 3 aromatic rings. The number of rotatable bonds is 5. The minimum absolute atomic E-state index is 0.216. The first-order valence-corrected chi connectivity index (χ1v) is 7.29. The number of nitrogens with one attached hydrogen (secondary N) is 2. The molecule has 0 bridgehead atoms. The fourth-order valence-electron chi connectivity index (χ4n) is 2.11. The van der Waals surface area contributed by atoms with E-state index < -0.39 is 0 Å². The molecule has 0 fully saturated rings. The SMILES string of the molecule is Cc1cc(C(=O)NCc2ccco2)nc(Nc2cccc(F)c2)n1. The van der Waals surface area contributed by atoms with Crippen LogP contribution in [0.1, 0.15) is 21.9 Å². The van der Waals surface area contributed by atoms with Gasteiger partial charge in [-0.05, 0) is 43.3 Å². The van der Waals surface area contributed by atoms with Gasteiger partial charge in [-0.15, -0.1) is 0 Å². The van der Waals surface area contributed by atoms with E-state index in [1.165, 1.54) is 18.4 Å². The van der Waals surface area contributed by atoms with Gasteiger partial charge in [0.25, 0.3) is 5.91 Å². The Balaban J connectivity index is 1.74. The average molecular weight is 326 g/mol. The van der Waals surface area contributed by atoms with E-state index in [1.807, 2.05) is 0 Å². The number of hydrogen-bond acceptors (Lipinski definition) is 5. The van der Waals surface area contributed by atoms with Gasteiger partial charge in [-0.25, -0.2) is 14.4 Å². The molecule has 7 heteroatoms. The molecule has 0 aliphatic heterocycles. The quantitative estimate of drug-likeness (QED) is 0.752. The first-order chi connectivity index (χ1) is 11.6. The van der Waals surface area contributed by atoms with Crippen LogP contribution in [-0.2, 0) is 6.54 Å². The number of aromatic nitrogens is 2. The van der Waals surface area contributed by atoms with Crippen molar-refractivity contribution in [2.45, 2.75) is 13.5 Å². The van der Waals surface area contributed by atoms with Crippen LogP contribution in [0.15, 0.2) is 53.1 Å². The minimum atomic E-state index is -0.371. The van der Waals surface area contributed by atoms with Crippen LogP contribution in [0.25, 0.3) is 0 Å². The Bertz CT molecular complexity index is 850. The van der Waals surface area contributed by atoms with E-state index in [2.05, 4.69) is 20.6 Å². The van der Waals surface area contributed by atoms with Gasteiger partial charge in [0.2, 0.25) is 5.95 Å². The van der Waals surface area contributed by atoms with Gasteiger partial charge in [0.05, 0.1) is 12.8 Å². The van der Waals surface area contributed by atoms with E-state index in [9.17, 15) is 9.18 Å². The van der Waals surface area contributed by atoms with Crippen molar-refractivity contribution in [1.82, 2.24) is 15.3 Å². The second-order valence-corrected chi connectivity index (χ2v) is 5.12. The standard InChI is InChI=1S/C17H15FN4O2/c1-11-8-15(16(23)19-10-14-6-3-7-24-14)22-17(20-11)21-13-5-2-4-12(18)9-13/h2-9H,10H2,1H3,(H,19,23)(H,20,21,22). The Kier molecular flexibility index (Phi) is 4.51. The fourth-order valence-corrected chi connectivity index (χ4v) is 2.11. The third-order valence-corrected chi connectivity index (χ3v) is 3.17. The number of furan rings is 1. The van der Waals surface area contributed by atoms with Crippen molar-refractivity contribution in [3.8, 4) is 0 Å². The summed E-state index contributed by atoms with van der Waals surface area (Å²) in [7, 11) is 0. The third kappa shape index (κ3) is 3.95. The van der Waals surface area contributed by atoms with E-state index in [0.29, 0.717) is 17.1 Å². The molecule has 2 heterocycles. The van der Waals surface area contributed by atoms with Crippen LogP contribution in [0.2, 0.25) is 0 Å². The second-order valence-electron chi connectivity index (χ2n) is 5.12. The van der Waals surface area contributed by atoms with Gasteiger partial charge >= 0.3 is 0 Å². The molecule has 6 nitrogen and oxygen atoms in total. The number of benzene rings is 1. The van der Waals surface area contributed by atoms with E-state index >= 15 is 0 Å². The summed E-state index contributed by atoms with van der Waals surface area (Å²) in [6.45, 7) is 2.02. The lowest BCUT2D eigenvalue weighted by molar-refractivity contribution is 0.0943. The predicted octanol–water partition coefficient (Wildman–Crippen LogP) is 3.19. The molecule has 0 spiro atoms. The largest absolute Gasteiger partial charge is 0.467 e. The number of carbonyl (C=O) groups is 1. The topological polar surface area (TPSA) is 80.0 Å². The fraction of sp³-hybridized carbons (Fsp3) is 0.118. The summed E-state index contributed by atoms with van der Waals surface area (Å²) >= 11 is 0. The van der Waals surface area contributed by atoms with Crippen molar-refractivity contribution in [3.63, 3.8) is 0 Å². The molecule has 0 aliphatic carbocycles. The maximum Gasteiger partial charge on any atom is 0.270 e. The summed E-state index contributed by atoms with van der Waals surface area (Å²) < 4.78 is 18.4. The lowest BCUT2D eigenvalue weighted by Gasteiger charge is -2.08. The van der Waals surface area contributed by atoms with Crippen LogP contribution in [0.3, 0.4) is 0 Å². The molecule has 0 radical (unpaired) electrons. The zero-order chi connectivity index (χ0) is 16.9. The number of nitrogens with zero attached hydrogens (tertiary/aromatic N) is 2. The van der Waals surface area contributed by atoms with Crippen molar-refractivity contribution >= 4 is 17.5 Å². The lowest BCUT2D eigenvalue weighted by Crippen LogP contribution is -2.24. The molecule has 0 atom stereocenters. The van der Waals surface area contributed by atoms with Gasteiger partial charge in [-0.3, -0.25) is 4.79 Å². The summed E-state index contributed by atoms with van der Waals surface area (Å²) in [4.78, 5) is 20.6. The monoisotopic (exact) mass is 326 g/mol. The number of aryl methyl sites for hydroxylation is 1. The van der Waals surface area contributed by atoms with E-state index in [0.717, 1.165) is 0 Å². The summed E-state index contributed by atoms with van der Waals surface area (Å²) in [5.74, 6) is 0.152. The van der Waals surface area contributed by atoms with E-state index in [4.69, 9.17) is 4.42 Å². The molecule has 1 amide bonds. The lowest BCUT2D eigenvalue weighted by atomic mass is 10.3. The number of amides is 1. The van der Waals surface area contributed by atoms with Crippen LogP contribution in [0, 0.1) is 12.7 Å². The van der Waals surface area contributed by atoms with Gasteiger partial charge in [-0.1, -0.05) is 6.07 Å². The Hall–Kier alpha value is -3.22. The minimum Gasteiger partial charge on any atom is -0.467 e. The van der Waals surface area contributed by atoms with Gasteiger partial charge in [-0.2, -0.15) is 0 Å². The Morgan fingerprint density at radius 3 is 2.83 bits per heavy atom. The zero-order valence-corrected chi connectivity index (χ0v) is 12.9. The zero-order valence-electron chi connectivity index (χ0n) is 12.9. The highest BCUT2D eigenvalue weighted by Gasteiger charge is 2.11. The highest BCUT2D eigenvalue weighted by atomic mass is 19.1. The molecule has 0 saturated heterocycles. The molecular weight excluding hydrogens is 311 g/mol. The number of carbonyl (C=O) groups excluding carboxylic acids is 1. The van der Waals surface area contributed by atoms with E-state index in [-0.39, 0.29) is 29.9 Å². The van der Waals surface area contributed by atoms with Crippen molar-refractivity contribution < 1.29 is 13.6 Å². The second kappa shape index (κ2) is 6.91. The van der Waals surface area contributed by atoms with Crippen LogP contribution in [0.4, 0.5) is 16.0 Å². The van der Waals surface area contributed by atoms with Crippen LogP contribution < -0.4 is 10.6 Å². The first kappa shape index (κ1) is 15.7. The molecule has 2 aromatic heterocycles. The molecule has 2 N–H and O–H groups in total. The van der Waals surface area contributed by atoms with Gasteiger partial charge in [0, 0.05) is 11.4 Å². The summed E-state index contributed by atoms with van der Waals surface area (Å²) in [5, 5.41) is 5.61. The summed E-state index contributed by atoms with van der Waals surface area (Å²) in [5.41, 5.74) is 1.34. The van der Waals surface area contributed by atoms with Gasteiger partial charge in [0.1, 0.15) is 17.3 Å². The molecule has 122 valence electrons. The molecule has 3 rings (SSSR count). The van der Waals surface area contributed by atoms with Crippen molar-refractivity contribution in [2.75, 3.05) is 5.32 Å². The molecule has 0 saturated carbocycles. The smallest absolute Gasteiger partial charge is 0.270 e.